The fourth-order valence-corrected chi connectivity index (χ4v) is 1.87. The van der Waals surface area contributed by atoms with Crippen molar-refractivity contribution >= 4 is 11.8 Å². The Morgan fingerprint density at radius 3 is 2.28 bits per heavy atom. The highest BCUT2D eigenvalue weighted by atomic mass is 16.2. The van der Waals surface area contributed by atoms with Gasteiger partial charge in [-0.15, -0.1) is 0 Å². The summed E-state index contributed by atoms with van der Waals surface area (Å²) in [4.78, 5) is 22.7. The van der Waals surface area contributed by atoms with Gasteiger partial charge in [-0.3, -0.25) is 9.59 Å². The fourth-order valence-electron chi connectivity index (χ4n) is 1.87. The van der Waals surface area contributed by atoms with E-state index >= 15 is 0 Å². The van der Waals surface area contributed by atoms with Crippen molar-refractivity contribution in [1.29, 1.82) is 0 Å². The topological polar surface area (TPSA) is 84.2 Å². The number of amides is 2. The highest BCUT2D eigenvalue weighted by Crippen LogP contribution is 2.20. The van der Waals surface area contributed by atoms with Crippen LogP contribution in [0.5, 0.6) is 0 Å². The van der Waals surface area contributed by atoms with E-state index in [1.807, 2.05) is 6.92 Å². The molecular formula is C13H27N3O2. The van der Waals surface area contributed by atoms with Gasteiger partial charge < -0.3 is 16.4 Å². The molecule has 18 heavy (non-hydrogen) atoms. The zero-order valence-electron chi connectivity index (χ0n) is 11.8. The van der Waals surface area contributed by atoms with E-state index < -0.39 is 0 Å². The first-order valence-electron chi connectivity index (χ1n) is 6.74. The highest BCUT2D eigenvalue weighted by molar-refractivity contribution is 5.84. The summed E-state index contributed by atoms with van der Waals surface area (Å²) >= 11 is 0. The van der Waals surface area contributed by atoms with Crippen molar-refractivity contribution in [3.8, 4) is 0 Å². The maximum atomic E-state index is 11.6. The quantitative estimate of drug-likeness (QED) is 0.567. The van der Waals surface area contributed by atoms with Gasteiger partial charge in [0.1, 0.15) is 0 Å². The van der Waals surface area contributed by atoms with Crippen molar-refractivity contribution in [1.82, 2.24) is 10.6 Å². The molecule has 5 nitrogen and oxygen atoms in total. The van der Waals surface area contributed by atoms with Crippen LogP contribution in [0.2, 0.25) is 0 Å². The van der Waals surface area contributed by atoms with Gasteiger partial charge >= 0.3 is 0 Å². The Kier molecular flexibility index (Phi) is 9.28. The smallest absolute Gasteiger partial charge is 0.239 e. The molecule has 106 valence electrons. The number of carbonyl (C=O) groups is 2. The molecular weight excluding hydrogens is 230 g/mol. The second-order valence-electron chi connectivity index (χ2n) is 4.85. The second kappa shape index (κ2) is 9.88. The van der Waals surface area contributed by atoms with E-state index in [4.69, 9.17) is 5.73 Å². The number of likely N-dealkylation sites (N-methyl/N-ethyl adjacent to an activating group) is 1. The molecule has 0 fully saturated rings. The van der Waals surface area contributed by atoms with Gasteiger partial charge in [-0.25, -0.2) is 0 Å². The fraction of sp³-hybridized carbons (Fsp3) is 0.846. The molecule has 0 aromatic rings. The molecule has 0 aliphatic rings. The molecule has 0 aliphatic heterocycles. The molecule has 0 aromatic carbocycles. The van der Waals surface area contributed by atoms with Crippen LogP contribution in [-0.2, 0) is 9.59 Å². The van der Waals surface area contributed by atoms with Gasteiger partial charge in [0, 0.05) is 13.0 Å². The van der Waals surface area contributed by atoms with Gasteiger partial charge in [0.15, 0.2) is 0 Å². The van der Waals surface area contributed by atoms with Crippen molar-refractivity contribution in [2.24, 2.45) is 17.6 Å². The second-order valence-corrected chi connectivity index (χ2v) is 4.85. The zero-order valence-corrected chi connectivity index (χ0v) is 11.8. The maximum absolute atomic E-state index is 11.6. The molecule has 0 saturated heterocycles. The normalized spacial score (nSPS) is 12.3. The number of hydrogen-bond acceptors (Lipinski definition) is 3. The Balaban J connectivity index is 3.83. The minimum atomic E-state index is -0.145. The molecule has 4 N–H and O–H groups in total. The van der Waals surface area contributed by atoms with E-state index in [9.17, 15) is 9.59 Å². The van der Waals surface area contributed by atoms with Crippen molar-refractivity contribution in [2.45, 2.75) is 40.0 Å². The number of nitrogens with one attached hydrogen (secondary N) is 2. The average molecular weight is 257 g/mol. The van der Waals surface area contributed by atoms with Crippen molar-refractivity contribution < 1.29 is 9.59 Å². The minimum absolute atomic E-state index is 0.0654. The first-order chi connectivity index (χ1) is 8.51. The Morgan fingerprint density at radius 1 is 1.11 bits per heavy atom. The van der Waals surface area contributed by atoms with E-state index in [1.54, 1.807) is 0 Å². The van der Waals surface area contributed by atoms with Crippen LogP contribution in [0, 0.1) is 11.8 Å². The molecule has 0 aromatic heterocycles. The Bertz CT molecular complexity index is 255. The van der Waals surface area contributed by atoms with Crippen LogP contribution in [-0.4, -0.2) is 31.4 Å². The third kappa shape index (κ3) is 8.06. The van der Waals surface area contributed by atoms with Crippen LogP contribution < -0.4 is 16.4 Å². The predicted octanol–water partition coefficient (Wildman–Crippen LogP) is 0.640. The number of nitrogens with two attached hydrogens (primary N) is 1. The average Bonchev–Trinajstić information content (AvgIpc) is 2.31. The van der Waals surface area contributed by atoms with Gasteiger partial charge in [-0.05, 0) is 38.1 Å². The summed E-state index contributed by atoms with van der Waals surface area (Å²) < 4.78 is 0. The molecule has 0 heterocycles. The Labute approximate surface area is 110 Å². The summed E-state index contributed by atoms with van der Waals surface area (Å²) in [6, 6.07) is 0. The standard InChI is InChI=1S/C13H27N3O2/c1-4-15-13(18)9-16-12(17)6-5-11(7-8-14)10(2)3/h10-11H,4-9,14H2,1-3H3,(H,15,18)(H,16,17). The molecule has 0 spiro atoms. The number of carbonyl (C=O) groups excluding carboxylic acids is 2. The van der Waals surface area contributed by atoms with Gasteiger partial charge in [-0.1, -0.05) is 13.8 Å². The maximum Gasteiger partial charge on any atom is 0.239 e. The molecule has 1 unspecified atom stereocenters. The summed E-state index contributed by atoms with van der Waals surface area (Å²) in [5.74, 6) is 0.798. The SMILES string of the molecule is CCNC(=O)CNC(=O)CCC(CCN)C(C)C. The summed E-state index contributed by atoms with van der Waals surface area (Å²) in [5, 5.41) is 5.26. The minimum Gasteiger partial charge on any atom is -0.355 e. The molecule has 0 bridgehead atoms. The van der Waals surface area contributed by atoms with Crippen LogP contribution in [0.15, 0.2) is 0 Å². The Morgan fingerprint density at radius 2 is 1.78 bits per heavy atom. The third-order valence-corrected chi connectivity index (χ3v) is 3.04. The molecule has 0 aliphatic carbocycles. The van der Waals surface area contributed by atoms with Gasteiger partial charge in [0.2, 0.25) is 11.8 Å². The first kappa shape index (κ1) is 16.9. The van der Waals surface area contributed by atoms with Crippen molar-refractivity contribution in [3.63, 3.8) is 0 Å². The molecule has 1 atom stereocenters. The summed E-state index contributed by atoms with van der Waals surface area (Å²) in [6.45, 7) is 7.44. The summed E-state index contributed by atoms with van der Waals surface area (Å²) in [6.07, 6.45) is 2.24. The highest BCUT2D eigenvalue weighted by Gasteiger charge is 2.14. The molecule has 0 radical (unpaired) electrons. The Hall–Kier alpha value is -1.10. The van der Waals surface area contributed by atoms with E-state index in [1.165, 1.54) is 0 Å². The van der Waals surface area contributed by atoms with Crippen LogP contribution in [0.3, 0.4) is 0 Å². The molecule has 2 amide bonds. The van der Waals surface area contributed by atoms with E-state index in [0.717, 1.165) is 12.8 Å². The van der Waals surface area contributed by atoms with Crippen molar-refractivity contribution in [3.05, 3.63) is 0 Å². The van der Waals surface area contributed by atoms with E-state index in [2.05, 4.69) is 24.5 Å². The molecule has 5 heteroatoms. The molecule has 0 rings (SSSR count). The lowest BCUT2D eigenvalue weighted by molar-refractivity contribution is -0.126. The van der Waals surface area contributed by atoms with Crippen LogP contribution in [0.4, 0.5) is 0 Å². The van der Waals surface area contributed by atoms with Gasteiger partial charge in [0.05, 0.1) is 6.54 Å². The largest absolute Gasteiger partial charge is 0.355 e. The monoisotopic (exact) mass is 257 g/mol. The van der Waals surface area contributed by atoms with Crippen LogP contribution >= 0.6 is 0 Å². The van der Waals surface area contributed by atoms with Crippen molar-refractivity contribution in [2.75, 3.05) is 19.6 Å². The zero-order chi connectivity index (χ0) is 14.0. The van der Waals surface area contributed by atoms with E-state index in [-0.39, 0.29) is 18.4 Å². The van der Waals surface area contributed by atoms with E-state index in [0.29, 0.717) is 31.3 Å². The lowest BCUT2D eigenvalue weighted by atomic mass is 9.88. The molecule has 0 saturated carbocycles. The van der Waals surface area contributed by atoms with Crippen LogP contribution in [0.25, 0.3) is 0 Å². The summed E-state index contributed by atoms with van der Waals surface area (Å²) in [5.41, 5.74) is 5.55. The van der Waals surface area contributed by atoms with Gasteiger partial charge in [-0.2, -0.15) is 0 Å². The number of hydrogen-bond donors (Lipinski definition) is 3. The lowest BCUT2D eigenvalue weighted by Crippen LogP contribution is -2.36. The number of rotatable bonds is 9. The predicted molar refractivity (Wildman–Crippen MR) is 72.9 cm³/mol. The third-order valence-electron chi connectivity index (χ3n) is 3.04. The first-order valence-corrected chi connectivity index (χ1v) is 6.74. The van der Waals surface area contributed by atoms with Gasteiger partial charge in [0.25, 0.3) is 0 Å². The van der Waals surface area contributed by atoms with Crippen LogP contribution in [0.1, 0.15) is 40.0 Å². The summed E-state index contributed by atoms with van der Waals surface area (Å²) in [7, 11) is 0. The lowest BCUT2D eigenvalue weighted by Gasteiger charge is -2.19.